The van der Waals surface area contributed by atoms with Crippen molar-refractivity contribution in [3.63, 3.8) is 0 Å². The van der Waals surface area contributed by atoms with Crippen LogP contribution in [0.2, 0.25) is 0 Å². The molecule has 2 N–H and O–H groups in total. The third kappa shape index (κ3) is 2.71. The van der Waals surface area contributed by atoms with Crippen LogP contribution in [-0.4, -0.2) is 25.7 Å². The second-order valence-electron chi connectivity index (χ2n) is 2.78. The summed E-state index contributed by atoms with van der Waals surface area (Å²) < 4.78 is 23.9. The number of aromatic carboxylic acids is 1. The van der Waals surface area contributed by atoms with Crippen LogP contribution in [-0.2, 0) is 10.0 Å². The van der Waals surface area contributed by atoms with Gasteiger partial charge in [0.25, 0.3) is 0 Å². The molecule has 1 heterocycles. The van der Waals surface area contributed by atoms with E-state index in [9.17, 15) is 13.2 Å². The predicted molar refractivity (Wildman–Crippen MR) is 54.5 cm³/mol. The van der Waals surface area contributed by atoms with Gasteiger partial charge in [-0.15, -0.1) is 11.3 Å². The minimum Gasteiger partial charge on any atom is -0.478 e. The Labute approximate surface area is 85.4 Å². The van der Waals surface area contributed by atoms with Crippen molar-refractivity contribution < 1.29 is 18.3 Å². The topological polar surface area (TPSA) is 83.5 Å². The van der Waals surface area contributed by atoms with Crippen molar-refractivity contribution in [2.24, 2.45) is 0 Å². The first kappa shape index (κ1) is 11.0. The molecule has 1 aromatic rings. The summed E-state index contributed by atoms with van der Waals surface area (Å²) in [5.74, 6) is -1.14. The molecule has 5 nitrogen and oxygen atoms in total. The molecule has 0 saturated heterocycles. The maximum atomic E-state index is 10.9. The largest absolute Gasteiger partial charge is 0.478 e. The van der Waals surface area contributed by atoms with Crippen LogP contribution in [0.5, 0.6) is 0 Å². The van der Waals surface area contributed by atoms with Crippen molar-refractivity contribution in [3.8, 4) is 0 Å². The van der Waals surface area contributed by atoms with Gasteiger partial charge in [-0.3, -0.25) is 4.72 Å². The highest BCUT2D eigenvalue weighted by atomic mass is 32.2. The summed E-state index contributed by atoms with van der Waals surface area (Å²) in [6.45, 7) is 1.71. The number of anilines is 1. The fraction of sp³-hybridized carbons (Fsp3) is 0.286. The maximum absolute atomic E-state index is 10.9. The van der Waals surface area contributed by atoms with Crippen LogP contribution in [0.1, 0.15) is 15.2 Å². The van der Waals surface area contributed by atoms with E-state index in [4.69, 9.17) is 5.11 Å². The van der Waals surface area contributed by atoms with Gasteiger partial charge >= 0.3 is 5.97 Å². The van der Waals surface area contributed by atoms with Crippen LogP contribution in [0.3, 0.4) is 0 Å². The van der Waals surface area contributed by atoms with Crippen LogP contribution in [0.4, 0.5) is 5.00 Å². The van der Waals surface area contributed by atoms with Gasteiger partial charge in [0.05, 0.1) is 11.8 Å². The molecule has 0 radical (unpaired) electrons. The fourth-order valence-electron chi connectivity index (χ4n) is 0.917. The number of carbonyl (C=O) groups is 1. The van der Waals surface area contributed by atoms with Gasteiger partial charge in [-0.25, -0.2) is 13.2 Å². The Morgan fingerprint density at radius 3 is 2.57 bits per heavy atom. The number of aryl methyl sites for hydroxylation is 1. The smallest absolute Gasteiger partial charge is 0.338 e. The van der Waals surface area contributed by atoms with E-state index in [1.165, 1.54) is 6.07 Å². The van der Waals surface area contributed by atoms with Crippen LogP contribution in [0.15, 0.2) is 6.07 Å². The van der Waals surface area contributed by atoms with Gasteiger partial charge in [-0.1, -0.05) is 0 Å². The quantitative estimate of drug-likeness (QED) is 0.822. The maximum Gasteiger partial charge on any atom is 0.338 e. The number of nitrogens with one attached hydrogen (secondary N) is 1. The first-order valence-corrected chi connectivity index (χ1v) is 6.32. The lowest BCUT2D eigenvalue weighted by Crippen LogP contribution is -2.11. The molecule has 0 amide bonds. The van der Waals surface area contributed by atoms with Crippen LogP contribution >= 0.6 is 11.3 Å². The molecule has 0 unspecified atom stereocenters. The second kappa shape index (κ2) is 3.58. The average Bonchev–Trinajstić information content (AvgIpc) is 2.27. The summed E-state index contributed by atoms with van der Waals surface area (Å²) in [5.41, 5.74) is -0.0158. The normalized spacial score (nSPS) is 11.3. The van der Waals surface area contributed by atoms with E-state index < -0.39 is 16.0 Å². The molecule has 1 rings (SSSR count). The third-order valence-electron chi connectivity index (χ3n) is 1.36. The molecule has 0 aromatic carbocycles. The molecule has 1 aromatic heterocycles. The van der Waals surface area contributed by atoms with Gasteiger partial charge in [0.15, 0.2) is 0 Å². The number of thiophene rings is 1. The molecular formula is C7H9NO4S2. The van der Waals surface area contributed by atoms with Crippen LogP contribution < -0.4 is 4.72 Å². The highest BCUT2D eigenvalue weighted by Crippen LogP contribution is 2.28. The molecule has 0 saturated carbocycles. The standard InChI is InChI=1S/C7H9NO4S2/c1-4-3-5(7(9)10)6(13-4)8-14(2,11)12/h3,8H,1-2H3,(H,9,10). The Bertz CT molecular complexity index is 460. The Morgan fingerprint density at radius 2 is 2.14 bits per heavy atom. The Hall–Kier alpha value is -1.08. The van der Waals surface area contributed by atoms with Gasteiger partial charge in [-0.05, 0) is 13.0 Å². The molecular weight excluding hydrogens is 226 g/mol. The zero-order chi connectivity index (χ0) is 10.9. The highest BCUT2D eigenvalue weighted by molar-refractivity contribution is 7.92. The molecule has 78 valence electrons. The summed E-state index contributed by atoms with van der Waals surface area (Å²) in [6, 6.07) is 1.43. The summed E-state index contributed by atoms with van der Waals surface area (Å²) >= 11 is 1.10. The molecule has 0 aliphatic rings. The van der Waals surface area contributed by atoms with E-state index in [0.717, 1.165) is 22.5 Å². The molecule has 0 fully saturated rings. The van der Waals surface area contributed by atoms with Crippen molar-refractivity contribution in [2.45, 2.75) is 6.92 Å². The van der Waals surface area contributed by atoms with Gasteiger partial charge in [0.1, 0.15) is 5.00 Å². The number of carboxylic acid groups (broad SMARTS) is 1. The summed E-state index contributed by atoms with van der Waals surface area (Å²) in [6.07, 6.45) is 0.980. The van der Waals surface area contributed by atoms with Gasteiger partial charge in [-0.2, -0.15) is 0 Å². The monoisotopic (exact) mass is 235 g/mol. The van der Waals surface area contributed by atoms with Crippen LogP contribution in [0.25, 0.3) is 0 Å². The molecule has 14 heavy (non-hydrogen) atoms. The molecule has 0 atom stereocenters. The molecule has 0 aliphatic carbocycles. The first-order chi connectivity index (χ1) is 6.29. The van der Waals surface area contributed by atoms with Crippen molar-refractivity contribution in [2.75, 3.05) is 11.0 Å². The van der Waals surface area contributed by atoms with E-state index in [1.54, 1.807) is 6.92 Å². The Morgan fingerprint density at radius 1 is 1.57 bits per heavy atom. The van der Waals surface area contributed by atoms with E-state index in [2.05, 4.69) is 4.72 Å². The summed E-state index contributed by atoms with van der Waals surface area (Å²) in [7, 11) is -3.42. The van der Waals surface area contributed by atoms with E-state index >= 15 is 0 Å². The zero-order valence-electron chi connectivity index (χ0n) is 7.57. The number of carboxylic acids is 1. The third-order valence-corrected chi connectivity index (χ3v) is 3.03. The lowest BCUT2D eigenvalue weighted by atomic mass is 10.3. The molecule has 7 heteroatoms. The number of rotatable bonds is 3. The molecule has 0 spiro atoms. The molecule has 0 aliphatic heterocycles. The fourth-order valence-corrected chi connectivity index (χ4v) is 2.74. The number of sulfonamides is 1. The minimum absolute atomic E-state index is 0.0158. The lowest BCUT2D eigenvalue weighted by Gasteiger charge is -2.00. The second-order valence-corrected chi connectivity index (χ2v) is 5.78. The van der Waals surface area contributed by atoms with Gasteiger partial charge in [0, 0.05) is 4.88 Å². The SMILES string of the molecule is Cc1cc(C(=O)O)c(NS(C)(=O)=O)s1. The zero-order valence-corrected chi connectivity index (χ0v) is 9.20. The number of hydrogen-bond donors (Lipinski definition) is 2. The predicted octanol–water partition coefficient (Wildman–Crippen LogP) is 1.13. The van der Waals surface area contributed by atoms with Crippen LogP contribution in [0, 0.1) is 6.92 Å². The van der Waals surface area contributed by atoms with Crippen molar-refractivity contribution >= 4 is 32.3 Å². The average molecular weight is 235 g/mol. The Kier molecular flexibility index (Phi) is 2.81. The van der Waals surface area contributed by atoms with E-state index in [1.807, 2.05) is 0 Å². The lowest BCUT2D eigenvalue weighted by molar-refractivity contribution is 0.0698. The van der Waals surface area contributed by atoms with Gasteiger partial charge in [0.2, 0.25) is 10.0 Å². The Balaban J connectivity index is 3.14. The summed E-state index contributed by atoms with van der Waals surface area (Å²) in [5, 5.41) is 8.90. The first-order valence-electron chi connectivity index (χ1n) is 3.61. The van der Waals surface area contributed by atoms with Crippen molar-refractivity contribution in [1.29, 1.82) is 0 Å². The highest BCUT2D eigenvalue weighted by Gasteiger charge is 2.16. The molecule has 0 bridgehead atoms. The minimum atomic E-state index is -3.42. The summed E-state index contributed by atoms with van der Waals surface area (Å²) in [4.78, 5) is 11.4. The van der Waals surface area contributed by atoms with E-state index in [-0.39, 0.29) is 10.6 Å². The van der Waals surface area contributed by atoms with Crippen molar-refractivity contribution in [3.05, 3.63) is 16.5 Å². The van der Waals surface area contributed by atoms with Crippen molar-refractivity contribution in [1.82, 2.24) is 0 Å². The number of hydrogen-bond acceptors (Lipinski definition) is 4. The van der Waals surface area contributed by atoms with E-state index in [0.29, 0.717) is 0 Å². The van der Waals surface area contributed by atoms with Gasteiger partial charge < -0.3 is 5.11 Å².